The lowest BCUT2D eigenvalue weighted by Gasteiger charge is -2.53. The van der Waals surface area contributed by atoms with Crippen LogP contribution in [0.25, 0.3) is 0 Å². The van der Waals surface area contributed by atoms with Gasteiger partial charge in [0.15, 0.2) is 9.84 Å². The van der Waals surface area contributed by atoms with E-state index in [0.717, 1.165) is 6.26 Å². The molecule has 1 aromatic carbocycles. The van der Waals surface area contributed by atoms with Crippen LogP contribution in [0, 0.1) is 16.7 Å². The first kappa shape index (κ1) is 19.7. The standard InChI is InChI=1S/C18H19F3N2O3S/c1-27(25,26)14-3-2-12(11-22)10-13(14)15(24)23-17-7-4-16(5-8-17,6-9-17)18(19,20)21/h2-3,10H,4-9H2,1H3,(H,23,24). The predicted molar refractivity (Wildman–Crippen MR) is 90.7 cm³/mol. The molecular formula is C18H19F3N2O3S. The molecular weight excluding hydrogens is 381 g/mol. The highest BCUT2D eigenvalue weighted by Crippen LogP contribution is 2.59. The summed E-state index contributed by atoms with van der Waals surface area (Å²) in [5.41, 5.74) is -2.45. The first-order valence-electron chi connectivity index (χ1n) is 8.55. The maximum atomic E-state index is 13.4. The van der Waals surface area contributed by atoms with Crippen LogP contribution in [0.3, 0.4) is 0 Å². The maximum absolute atomic E-state index is 13.4. The SMILES string of the molecule is CS(=O)(=O)c1ccc(C#N)cc1C(=O)NC12CCC(C(F)(F)F)(CC1)CC2. The van der Waals surface area contributed by atoms with Crippen LogP contribution in [0.1, 0.15) is 54.4 Å². The second-order valence-electron chi connectivity index (χ2n) is 7.61. The van der Waals surface area contributed by atoms with Gasteiger partial charge in [-0.1, -0.05) is 0 Å². The molecule has 4 rings (SSSR count). The minimum atomic E-state index is -4.26. The molecule has 3 fully saturated rings. The van der Waals surface area contributed by atoms with Crippen LogP contribution < -0.4 is 5.32 Å². The van der Waals surface area contributed by atoms with Gasteiger partial charge in [-0.05, 0) is 56.7 Å². The van der Waals surface area contributed by atoms with Crippen LogP contribution >= 0.6 is 0 Å². The van der Waals surface area contributed by atoms with Gasteiger partial charge in [-0.3, -0.25) is 4.79 Å². The topological polar surface area (TPSA) is 87.0 Å². The van der Waals surface area contributed by atoms with Crippen molar-refractivity contribution in [1.82, 2.24) is 5.32 Å². The first-order valence-corrected chi connectivity index (χ1v) is 10.4. The molecule has 0 spiro atoms. The van der Waals surface area contributed by atoms with Gasteiger partial charge in [-0.15, -0.1) is 0 Å². The number of nitriles is 1. The summed E-state index contributed by atoms with van der Waals surface area (Å²) in [5.74, 6) is -0.672. The fraction of sp³-hybridized carbons (Fsp3) is 0.556. The number of sulfone groups is 1. The molecule has 3 saturated carbocycles. The van der Waals surface area contributed by atoms with Crippen LogP contribution in [-0.2, 0) is 9.84 Å². The molecule has 0 aromatic heterocycles. The summed E-state index contributed by atoms with van der Waals surface area (Å²) in [6, 6.07) is 5.58. The molecule has 0 saturated heterocycles. The number of benzene rings is 1. The average molecular weight is 400 g/mol. The number of fused-ring (bicyclic) bond motifs is 3. The van der Waals surface area contributed by atoms with E-state index in [2.05, 4.69) is 5.32 Å². The molecule has 1 amide bonds. The number of carbonyl (C=O) groups is 1. The normalized spacial score (nSPS) is 27.8. The van der Waals surface area contributed by atoms with Gasteiger partial charge in [-0.25, -0.2) is 8.42 Å². The molecule has 27 heavy (non-hydrogen) atoms. The number of nitrogens with zero attached hydrogens (tertiary/aromatic N) is 1. The molecule has 0 atom stereocenters. The number of carbonyl (C=O) groups excluding carboxylic acids is 1. The summed E-state index contributed by atoms with van der Waals surface area (Å²) in [6.45, 7) is 0. The van der Waals surface area contributed by atoms with Crippen molar-refractivity contribution in [3.8, 4) is 6.07 Å². The van der Waals surface area contributed by atoms with Crippen LogP contribution in [0.4, 0.5) is 13.2 Å². The third-order valence-corrected chi connectivity index (χ3v) is 7.13. The Balaban J connectivity index is 1.87. The molecule has 9 heteroatoms. The lowest BCUT2D eigenvalue weighted by Crippen LogP contribution is -2.59. The molecule has 0 aliphatic heterocycles. The highest BCUT2D eigenvalue weighted by molar-refractivity contribution is 7.90. The summed E-state index contributed by atoms with van der Waals surface area (Å²) >= 11 is 0. The van der Waals surface area contributed by atoms with Crippen LogP contribution in [0.2, 0.25) is 0 Å². The maximum Gasteiger partial charge on any atom is 0.394 e. The van der Waals surface area contributed by atoms with E-state index < -0.39 is 32.9 Å². The highest BCUT2D eigenvalue weighted by Gasteiger charge is 2.61. The summed E-state index contributed by atoms with van der Waals surface area (Å²) in [7, 11) is -3.71. The quantitative estimate of drug-likeness (QED) is 0.843. The third-order valence-electron chi connectivity index (χ3n) is 5.98. The Morgan fingerprint density at radius 1 is 1.15 bits per heavy atom. The van der Waals surface area contributed by atoms with Crippen molar-refractivity contribution in [3.63, 3.8) is 0 Å². The molecule has 0 unspecified atom stereocenters. The van der Waals surface area contributed by atoms with E-state index in [9.17, 15) is 26.4 Å². The zero-order valence-electron chi connectivity index (χ0n) is 14.7. The fourth-order valence-electron chi connectivity index (χ4n) is 4.21. The van der Waals surface area contributed by atoms with Crippen molar-refractivity contribution in [3.05, 3.63) is 29.3 Å². The highest BCUT2D eigenvalue weighted by atomic mass is 32.2. The van der Waals surface area contributed by atoms with Gasteiger partial charge >= 0.3 is 6.18 Å². The van der Waals surface area contributed by atoms with Crippen molar-refractivity contribution >= 4 is 15.7 Å². The predicted octanol–water partition coefficient (Wildman–Crippen LogP) is 3.35. The zero-order chi connectivity index (χ0) is 20.1. The Hall–Kier alpha value is -2.08. The van der Waals surface area contributed by atoms with Crippen LogP contribution in [0.5, 0.6) is 0 Å². The number of hydrogen-bond acceptors (Lipinski definition) is 4. The Morgan fingerprint density at radius 3 is 2.15 bits per heavy atom. The Bertz CT molecular complexity index is 908. The lowest BCUT2D eigenvalue weighted by molar-refractivity contribution is -0.253. The molecule has 2 bridgehead atoms. The largest absolute Gasteiger partial charge is 0.394 e. The number of alkyl halides is 3. The van der Waals surface area contributed by atoms with E-state index in [1.165, 1.54) is 18.2 Å². The summed E-state index contributed by atoms with van der Waals surface area (Å²) < 4.78 is 64.0. The van der Waals surface area contributed by atoms with Gasteiger partial charge in [0.05, 0.1) is 27.5 Å². The van der Waals surface area contributed by atoms with Crippen molar-refractivity contribution in [2.75, 3.05) is 6.26 Å². The molecule has 1 N–H and O–H groups in total. The third kappa shape index (κ3) is 3.43. The van der Waals surface area contributed by atoms with E-state index in [4.69, 9.17) is 5.26 Å². The van der Waals surface area contributed by atoms with Gasteiger partial charge in [0.25, 0.3) is 5.91 Å². The van der Waals surface area contributed by atoms with E-state index in [0.29, 0.717) is 0 Å². The Morgan fingerprint density at radius 2 is 1.70 bits per heavy atom. The van der Waals surface area contributed by atoms with Crippen molar-refractivity contribution < 1.29 is 26.4 Å². The molecule has 0 heterocycles. The number of nitrogens with one attached hydrogen (secondary N) is 1. The number of rotatable bonds is 3. The molecule has 5 nitrogen and oxygen atoms in total. The number of amides is 1. The fourth-order valence-corrected chi connectivity index (χ4v) is 5.07. The summed E-state index contributed by atoms with van der Waals surface area (Å²) in [6.07, 6.45) is -2.84. The van der Waals surface area contributed by atoms with E-state index in [-0.39, 0.29) is 54.5 Å². The molecule has 1 aromatic rings. The summed E-state index contributed by atoms with van der Waals surface area (Å²) in [4.78, 5) is 12.6. The van der Waals surface area contributed by atoms with E-state index in [1.807, 2.05) is 6.07 Å². The zero-order valence-corrected chi connectivity index (χ0v) is 15.5. The molecule has 3 aliphatic rings. The first-order chi connectivity index (χ1) is 12.4. The molecule has 146 valence electrons. The van der Waals surface area contributed by atoms with Gasteiger partial charge in [0.1, 0.15) is 0 Å². The second-order valence-corrected chi connectivity index (χ2v) is 9.59. The van der Waals surface area contributed by atoms with Crippen molar-refractivity contribution in [1.29, 1.82) is 5.26 Å². The minimum absolute atomic E-state index is 0.0477. The number of hydrogen-bond donors (Lipinski definition) is 1. The van der Waals surface area contributed by atoms with Gasteiger partial charge in [-0.2, -0.15) is 18.4 Å². The second kappa shape index (κ2) is 6.23. The van der Waals surface area contributed by atoms with E-state index >= 15 is 0 Å². The smallest absolute Gasteiger partial charge is 0.347 e. The van der Waals surface area contributed by atoms with Crippen molar-refractivity contribution in [2.45, 2.75) is 55.1 Å². The Kier molecular flexibility index (Phi) is 4.54. The molecule has 0 radical (unpaired) electrons. The van der Waals surface area contributed by atoms with Gasteiger partial charge < -0.3 is 5.32 Å². The summed E-state index contributed by atoms with van der Waals surface area (Å²) in [5, 5.41) is 11.8. The lowest BCUT2D eigenvalue weighted by atomic mass is 9.57. The van der Waals surface area contributed by atoms with Gasteiger partial charge in [0.2, 0.25) is 0 Å². The van der Waals surface area contributed by atoms with E-state index in [1.54, 1.807) is 0 Å². The monoisotopic (exact) mass is 400 g/mol. The van der Waals surface area contributed by atoms with Crippen molar-refractivity contribution in [2.24, 2.45) is 5.41 Å². The van der Waals surface area contributed by atoms with Gasteiger partial charge in [0, 0.05) is 11.8 Å². The Labute approximate surface area is 155 Å². The molecule has 3 aliphatic carbocycles. The minimum Gasteiger partial charge on any atom is -0.347 e. The number of halogens is 3. The van der Waals surface area contributed by atoms with Crippen LogP contribution in [0.15, 0.2) is 23.1 Å². The van der Waals surface area contributed by atoms with Crippen LogP contribution in [-0.4, -0.2) is 32.3 Å². The average Bonchev–Trinajstić information content (AvgIpc) is 2.60.